The number of hydrogen-bond donors (Lipinski definition) is 0. The lowest BCUT2D eigenvalue weighted by atomic mass is 10.3. The van der Waals surface area contributed by atoms with E-state index in [2.05, 4.69) is 15.2 Å². The average Bonchev–Trinajstić information content (AvgIpc) is 3.29. The Morgan fingerprint density at radius 1 is 1.22 bits per heavy atom. The second kappa shape index (κ2) is 7.45. The minimum absolute atomic E-state index is 0.196. The Hall–Kier alpha value is -2.78. The van der Waals surface area contributed by atoms with E-state index in [-0.39, 0.29) is 11.6 Å². The molecular weight excluding hydrogens is 385 g/mol. The smallest absolute Gasteiger partial charge is 0.230 e. The molecule has 0 saturated carbocycles. The molecule has 4 rings (SSSR count). The predicted octanol–water partition coefficient (Wildman–Crippen LogP) is 4.30. The number of halogens is 1. The maximum atomic E-state index is 14.1. The first-order valence-electron chi connectivity index (χ1n) is 8.05. The number of thioether (sulfide) groups is 1. The van der Waals surface area contributed by atoms with Crippen molar-refractivity contribution in [2.24, 2.45) is 0 Å². The van der Waals surface area contributed by atoms with E-state index in [1.54, 1.807) is 18.2 Å². The lowest BCUT2D eigenvalue weighted by Crippen LogP contribution is -2.23. The van der Waals surface area contributed by atoms with Gasteiger partial charge < -0.3 is 0 Å². The van der Waals surface area contributed by atoms with Gasteiger partial charge in [0, 0.05) is 24.3 Å². The van der Waals surface area contributed by atoms with Crippen LogP contribution in [0.25, 0.3) is 5.65 Å². The number of para-hydroxylation sites is 1. The zero-order valence-corrected chi connectivity index (χ0v) is 15.9. The highest BCUT2D eigenvalue weighted by Crippen LogP contribution is 2.32. The number of benzene rings is 1. The molecule has 3 aromatic heterocycles. The van der Waals surface area contributed by atoms with Crippen molar-refractivity contribution in [2.75, 3.05) is 4.90 Å². The summed E-state index contributed by atoms with van der Waals surface area (Å²) in [5.41, 5.74) is 1.76. The SMILES string of the molecule is CC(=O)N(c1nc(CSc2nnc3ccccn23)cs1)c1ccccc1F. The highest BCUT2D eigenvalue weighted by atomic mass is 32.2. The van der Waals surface area contributed by atoms with Crippen molar-refractivity contribution in [3.05, 3.63) is 65.6 Å². The van der Waals surface area contributed by atoms with Crippen molar-refractivity contribution >= 4 is 45.5 Å². The van der Waals surface area contributed by atoms with E-state index in [9.17, 15) is 9.18 Å². The molecule has 1 amide bonds. The number of hydrogen-bond acceptors (Lipinski definition) is 6. The Morgan fingerprint density at radius 3 is 2.85 bits per heavy atom. The third kappa shape index (κ3) is 3.56. The number of nitrogens with zero attached hydrogens (tertiary/aromatic N) is 5. The Kier molecular flexibility index (Phi) is 4.87. The van der Waals surface area contributed by atoms with Crippen LogP contribution in [-0.2, 0) is 10.5 Å². The lowest BCUT2D eigenvalue weighted by Gasteiger charge is -2.18. The third-order valence-corrected chi connectivity index (χ3v) is 5.62. The van der Waals surface area contributed by atoms with E-state index in [0.29, 0.717) is 10.9 Å². The molecule has 0 fully saturated rings. The molecule has 136 valence electrons. The molecule has 1 aromatic carbocycles. The van der Waals surface area contributed by atoms with Crippen LogP contribution >= 0.6 is 23.1 Å². The molecule has 0 spiro atoms. The van der Waals surface area contributed by atoms with E-state index in [4.69, 9.17) is 0 Å². The van der Waals surface area contributed by atoms with Crippen LogP contribution in [0.1, 0.15) is 12.6 Å². The Balaban J connectivity index is 1.55. The minimum atomic E-state index is -0.464. The molecule has 0 aliphatic heterocycles. The summed E-state index contributed by atoms with van der Waals surface area (Å²) in [7, 11) is 0. The number of rotatable bonds is 5. The molecule has 0 aliphatic rings. The maximum Gasteiger partial charge on any atom is 0.230 e. The van der Waals surface area contributed by atoms with Crippen molar-refractivity contribution in [1.29, 1.82) is 0 Å². The molecule has 0 radical (unpaired) electrons. The molecule has 9 heteroatoms. The maximum absolute atomic E-state index is 14.1. The molecule has 0 saturated heterocycles. The summed E-state index contributed by atoms with van der Waals surface area (Å²) in [6.07, 6.45) is 1.90. The van der Waals surface area contributed by atoms with Crippen LogP contribution in [0.3, 0.4) is 0 Å². The molecule has 4 aromatic rings. The summed E-state index contributed by atoms with van der Waals surface area (Å²) in [4.78, 5) is 17.9. The first kappa shape index (κ1) is 17.6. The van der Waals surface area contributed by atoms with Gasteiger partial charge in [0.25, 0.3) is 0 Å². The molecule has 0 bridgehead atoms. The summed E-state index contributed by atoms with van der Waals surface area (Å²) in [5, 5.41) is 11.4. The van der Waals surface area contributed by atoms with Gasteiger partial charge >= 0.3 is 0 Å². The first-order valence-corrected chi connectivity index (χ1v) is 9.92. The molecule has 0 aliphatic carbocycles. The summed E-state index contributed by atoms with van der Waals surface area (Å²) in [5.74, 6) is -0.194. The van der Waals surface area contributed by atoms with Gasteiger partial charge in [-0.15, -0.1) is 21.5 Å². The van der Waals surface area contributed by atoms with E-state index >= 15 is 0 Å². The van der Waals surface area contributed by atoms with Gasteiger partial charge in [-0.3, -0.25) is 14.1 Å². The second-order valence-electron chi connectivity index (χ2n) is 5.63. The molecular formula is C18H14FN5OS2. The van der Waals surface area contributed by atoms with Crippen molar-refractivity contribution in [3.8, 4) is 0 Å². The standard InChI is InChI=1S/C18H14FN5OS2/c1-12(25)24(15-7-3-2-6-14(15)19)17-20-13(10-26-17)11-27-18-22-21-16-8-4-5-9-23(16)18/h2-10H,11H2,1H3. The van der Waals surface area contributed by atoms with Crippen LogP contribution in [0.15, 0.2) is 59.2 Å². The number of aromatic nitrogens is 4. The quantitative estimate of drug-likeness (QED) is 0.468. The van der Waals surface area contributed by atoms with Gasteiger partial charge in [-0.25, -0.2) is 9.37 Å². The number of fused-ring (bicyclic) bond motifs is 1. The molecule has 0 N–H and O–H groups in total. The Labute approximate surface area is 162 Å². The van der Waals surface area contributed by atoms with Gasteiger partial charge in [0.1, 0.15) is 5.82 Å². The number of carbonyl (C=O) groups excluding carboxylic acids is 1. The number of thiazole rings is 1. The summed E-state index contributed by atoms with van der Waals surface area (Å²) in [6.45, 7) is 1.39. The number of anilines is 2. The lowest BCUT2D eigenvalue weighted by molar-refractivity contribution is -0.115. The average molecular weight is 399 g/mol. The minimum Gasteiger partial charge on any atom is -0.277 e. The molecule has 6 nitrogen and oxygen atoms in total. The van der Waals surface area contributed by atoms with Gasteiger partial charge in [-0.05, 0) is 24.3 Å². The summed E-state index contributed by atoms with van der Waals surface area (Å²) >= 11 is 2.80. The second-order valence-corrected chi connectivity index (χ2v) is 7.41. The monoisotopic (exact) mass is 399 g/mol. The normalized spacial score (nSPS) is 11.0. The van der Waals surface area contributed by atoms with Gasteiger partial charge in [-0.2, -0.15) is 0 Å². The van der Waals surface area contributed by atoms with Crippen LogP contribution in [0.4, 0.5) is 15.2 Å². The number of carbonyl (C=O) groups is 1. The topological polar surface area (TPSA) is 63.4 Å². The van der Waals surface area contributed by atoms with E-state index in [0.717, 1.165) is 16.5 Å². The summed E-state index contributed by atoms with van der Waals surface area (Å²) < 4.78 is 16.0. The predicted molar refractivity (Wildman–Crippen MR) is 104 cm³/mol. The largest absolute Gasteiger partial charge is 0.277 e. The molecule has 27 heavy (non-hydrogen) atoms. The van der Waals surface area contributed by atoms with Crippen LogP contribution in [0.5, 0.6) is 0 Å². The fourth-order valence-electron chi connectivity index (χ4n) is 2.56. The van der Waals surface area contributed by atoms with E-state index < -0.39 is 5.82 Å². The van der Waals surface area contributed by atoms with Crippen molar-refractivity contribution < 1.29 is 9.18 Å². The van der Waals surface area contributed by atoms with Crippen LogP contribution in [-0.4, -0.2) is 25.5 Å². The van der Waals surface area contributed by atoms with Crippen LogP contribution in [0.2, 0.25) is 0 Å². The first-order chi connectivity index (χ1) is 13.1. The van der Waals surface area contributed by atoms with Gasteiger partial charge in [0.2, 0.25) is 5.91 Å². The summed E-state index contributed by atoms with van der Waals surface area (Å²) in [6, 6.07) is 11.9. The van der Waals surface area contributed by atoms with Crippen molar-refractivity contribution in [2.45, 2.75) is 17.8 Å². The molecule has 3 heterocycles. The van der Waals surface area contributed by atoms with Crippen molar-refractivity contribution in [1.82, 2.24) is 19.6 Å². The van der Waals surface area contributed by atoms with Gasteiger partial charge in [-0.1, -0.05) is 30.0 Å². The zero-order chi connectivity index (χ0) is 18.8. The van der Waals surface area contributed by atoms with Gasteiger partial charge in [0.05, 0.1) is 11.4 Å². The van der Waals surface area contributed by atoms with Crippen molar-refractivity contribution in [3.63, 3.8) is 0 Å². The van der Waals surface area contributed by atoms with Gasteiger partial charge in [0.15, 0.2) is 15.9 Å². The zero-order valence-electron chi connectivity index (χ0n) is 14.2. The Morgan fingerprint density at radius 2 is 2.04 bits per heavy atom. The third-order valence-electron chi connectivity index (χ3n) is 3.77. The Bertz CT molecular complexity index is 1110. The van der Waals surface area contributed by atoms with Crippen LogP contribution < -0.4 is 4.90 Å². The fourth-order valence-corrected chi connectivity index (χ4v) is 4.36. The van der Waals surface area contributed by atoms with E-state index in [1.165, 1.54) is 41.0 Å². The van der Waals surface area contributed by atoms with E-state index in [1.807, 2.05) is 34.2 Å². The number of pyridine rings is 1. The highest BCUT2D eigenvalue weighted by Gasteiger charge is 2.21. The number of amides is 1. The molecule has 0 unspecified atom stereocenters. The highest BCUT2D eigenvalue weighted by molar-refractivity contribution is 7.98. The fraction of sp³-hybridized carbons (Fsp3) is 0.111. The molecule has 0 atom stereocenters. The van der Waals surface area contributed by atoms with Crippen LogP contribution in [0, 0.1) is 5.82 Å².